The molecule has 0 saturated carbocycles. The number of aliphatic hydroxyl groups excluding tert-OH is 1. The maximum absolute atomic E-state index is 10.8. The number of allylic oxidation sites excluding steroid dienone is 1. The number of carbonyl (C=O) groups excluding carboxylic acids is 1. The van der Waals surface area contributed by atoms with E-state index in [1.165, 1.54) is 0 Å². The molecule has 1 atom stereocenters. The van der Waals surface area contributed by atoms with Crippen LogP contribution in [0.2, 0.25) is 0 Å². The maximum Gasteiger partial charge on any atom is 0.303 e. The Morgan fingerprint density at radius 1 is 0.909 bits per heavy atom. The summed E-state index contributed by atoms with van der Waals surface area (Å²) in [6.07, 6.45) is 14.1. The van der Waals surface area contributed by atoms with Crippen molar-refractivity contribution in [3.8, 4) is 0 Å². The van der Waals surface area contributed by atoms with E-state index in [2.05, 4.69) is 6.08 Å². The average molecular weight is 312 g/mol. The van der Waals surface area contributed by atoms with Crippen LogP contribution in [0.15, 0.2) is 12.2 Å². The van der Waals surface area contributed by atoms with E-state index in [0.29, 0.717) is 19.3 Å². The van der Waals surface area contributed by atoms with Gasteiger partial charge in [-0.3, -0.25) is 4.79 Å². The summed E-state index contributed by atoms with van der Waals surface area (Å²) in [4.78, 5) is 21.1. The van der Waals surface area contributed by atoms with Crippen LogP contribution in [0.25, 0.3) is 0 Å². The predicted octanol–water partition coefficient (Wildman–Crippen LogP) is 4.26. The minimum atomic E-state index is -0.746. The molecule has 0 aromatic rings. The number of hydrogen-bond donors (Lipinski definition) is 2. The number of hydrogen-bond acceptors (Lipinski definition) is 3. The van der Waals surface area contributed by atoms with Crippen molar-refractivity contribution in [3.05, 3.63) is 12.2 Å². The fraction of sp³-hybridized carbons (Fsp3) is 0.778. The van der Waals surface area contributed by atoms with Crippen LogP contribution in [-0.2, 0) is 9.59 Å². The van der Waals surface area contributed by atoms with E-state index in [-0.39, 0.29) is 18.3 Å². The lowest BCUT2D eigenvalue weighted by Crippen LogP contribution is -2.04. The summed E-state index contributed by atoms with van der Waals surface area (Å²) < 4.78 is 0. The standard InChI is InChI=1S/C18H32O4/c1-16(19)12-8-5-3-2-4-6-9-13-17(20)14-10-7-11-15-18(21)22/h6,9,17,20H,2-5,7-8,10-15H2,1H3,(H,21,22). The maximum atomic E-state index is 10.8. The largest absolute Gasteiger partial charge is 0.481 e. The van der Waals surface area contributed by atoms with Gasteiger partial charge in [-0.15, -0.1) is 0 Å². The smallest absolute Gasteiger partial charge is 0.303 e. The Morgan fingerprint density at radius 3 is 2.23 bits per heavy atom. The minimum absolute atomic E-state index is 0.225. The highest BCUT2D eigenvalue weighted by molar-refractivity contribution is 5.75. The summed E-state index contributed by atoms with van der Waals surface area (Å²) in [7, 11) is 0. The van der Waals surface area contributed by atoms with Gasteiger partial charge < -0.3 is 15.0 Å². The zero-order valence-electron chi connectivity index (χ0n) is 13.9. The van der Waals surface area contributed by atoms with Crippen LogP contribution in [0.3, 0.4) is 0 Å². The van der Waals surface area contributed by atoms with Crippen molar-refractivity contribution in [1.29, 1.82) is 0 Å². The van der Waals surface area contributed by atoms with E-state index in [0.717, 1.165) is 51.4 Å². The first-order valence-corrected chi connectivity index (χ1v) is 8.56. The van der Waals surface area contributed by atoms with Crippen LogP contribution < -0.4 is 0 Å². The van der Waals surface area contributed by atoms with Crippen LogP contribution >= 0.6 is 0 Å². The molecule has 1 unspecified atom stereocenters. The van der Waals surface area contributed by atoms with E-state index < -0.39 is 5.97 Å². The number of rotatable bonds is 15. The molecule has 128 valence electrons. The molecule has 0 aromatic heterocycles. The number of aliphatic hydroxyl groups is 1. The molecule has 0 radical (unpaired) electrons. The minimum Gasteiger partial charge on any atom is -0.481 e. The summed E-state index contributed by atoms with van der Waals surface area (Å²) in [6, 6.07) is 0. The first kappa shape index (κ1) is 20.8. The van der Waals surface area contributed by atoms with Gasteiger partial charge in [-0.05, 0) is 45.4 Å². The second kappa shape index (κ2) is 14.8. The third-order valence-corrected chi connectivity index (χ3v) is 3.65. The molecule has 0 amide bonds. The molecule has 0 heterocycles. The molecule has 0 rings (SSSR count). The van der Waals surface area contributed by atoms with Crippen molar-refractivity contribution in [1.82, 2.24) is 0 Å². The summed E-state index contributed by atoms with van der Waals surface area (Å²) in [6.45, 7) is 1.64. The van der Waals surface area contributed by atoms with E-state index in [9.17, 15) is 14.7 Å². The van der Waals surface area contributed by atoms with Gasteiger partial charge in [-0.2, -0.15) is 0 Å². The third kappa shape index (κ3) is 16.9. The molecule has 0 saturated heterocycles. The lowest BCUT2D eigenvalue weighted by molar-refractivity contribution is -0.137. The second-order valence-corrected chi connectivity index (χ2v) is 6.01. The molecule has 0 bridgehead atoms. The Labute approximate surface area is 134 Å². The SMILES string of the molecule is CC(=O)CCCCCCC=CCC(O)CCCCCC(=O)O. The number of aliphatic carboxylic acids is 1. The molecule has 0 fully saturated rings. The van der Waals surface area contributed by atoms with E-state index >= 15 is 0 Å². The van der Waals surface area contributed by atoms with Gasteiger partial charge in [-0.25, -0.2) is 0 Å². The second-order valence-electron chi connectivity index (χ2n) is 6.01. The molecule has 0 aliphatic rings. The van der Waals surface area contributed by atoms with Gasteiger partial charge in [0.2, 0.25) is 0 Å². The lowest BCUT2D eigenvalue weighted by Gasteiger charge is -2.07. The van der Waals surface area contributed by atoms with Crippen molar-refractivity contribution in [2.75, 3.05) is 0 Å². The normalized spacial score (nSPS) is 12.6. The number of ketones is 1. The molecule has 4 nitrogen and oxygen atoms in total. The van der Waals surface area contributed by atoms with Crippen LogP contribution in [0.5, 0.6) is 0 Å². The van der Waals surface area contributed by atoms with E-state index in [1.54, 1.807) is 6.92 Å². The first-order valence-electron chi connectivity index (χ1n) is 8.56. The topological polar surface area (TPSA) is 74.6 Å². The molecule has 4 heteroatoms. The number of carboxylic acids is 1. The lowest BCUT2D eigenvalue weighted by atomic mass is 10.1. The molecule has 2 N–H and O–H groups in total. The van der Waals surface area contributed by atoms with Gasteiger partial charge in [0.15, 0.2) is 0 Å². The monoisotopic (exact) mass is 312 g/mol. The quantitative estimate of drug-likeness (QED) is 0.350. The number of Topliss-reactive ketones (excluding diaryl/α,β-unsaturated/α-hetero) is 1. The summed E-state index contributed by atoms with van der Waals surface area (Å²) in [5, 5.41) is 18.3. The van der Waals surface area contributed by atoms with Crippen LogP contribution in [0.1, 0.15) is 84.0 Å². The molecular weight excluding hydrogens is 280 g/mol. The van der Waals surface area contributed by atoms with Gasteiger partial charge in [0.1, 0.15) is 5.78 Å². The Bertz CT molecular complexity index is 323. The van der Waals surface area contributed by atoms with Crippen LogP contribution in [-0.4, -0.2) is 28.1 Å². The van der Waals surface area contributed by atoms with Crippen molar-refractivity contribution < 1.29 is 19.8 Å². The summed E-state index contributed by atoms with van der Waals surface area (Å²) in [5.41, 5.74) is 0. The Hall–Kier alpha value is -1.16. The van der Waals surface area contributed by atoms with Gasteiger partial charge >= 0.3 is 5.97 Å². The Balaban J connectivity index is 3.33. The van der Waals surface area contributed by atoms with Crippen molar-refractivity contribution >= 4 is 11.8 Å². The van der Waals surface area contributed by atoms with Crippen molar-refractivity contribution in [3.63, 3.8) is 0 Å². The van der Waals surface area contributed by atoms with Crippen molar-refractivity contribution in [2.24, 2.45) is 0 Å². The predicted molar refractivity (Wildman–Crippen MR) is 88.9 cm³/mol. The zero-order valence-corrected chi connectivity index (χ0v) is 13.9. The van der Waals surface area contributed by atoms with E-state index in [4.69, 9.17) is 5.11 Å². The molecular formula is C18H32O4. The van der Waals surface area contributed by atoms with Gasteiger partial charge in [0.25, 0.3) is 0 Å². The Kier molecular flexibility index (Phi) is 14.0. The number of carboxylic acid groups (broad SMARTS) is 1. The summed E-state index contributed by atoms with van der Waals surface area (Å²) >= 11 is 0. The number of unbranched alkanes of at least 4 members (excludes halogenated alkanes) is 6. The molecule has 0 aliphatic carbocycles. The average Bonchev–Trinajstić information content (AvgIpc) is 2.44. The van der Waals surface area contributed by atoms with Gasteiger partial charge in [0, 0.05) is 12.8 Å². The zero-order chi connectivity index (χ0) is 16.6. The fourth-order valence-electron chi connectivity index (χ4n) is 2.31. The highest BCUT2D eigenvalue weighted by Gasteiger charge is 2.02. The Morgan fingerprint density at radius 2 is 1.55 bits per heavy atom. The van der Waals surface area contributed by atoms with Crippen molar-refractivity contribution in [2.45, 2.75) is 90.1 Å². The highest BCUT2D eigenvalue weighted by atomic mass is 16.4. The molecule has 0 spiro atoms. The number of carbonyl (C=O) groups is 2. The third-order valence-electron chi connectivity index (χ3n) is 3.65. The fourth-order valence-corrected chi connectivity index (χ4v) is 2.31. The van der Waals surface area contributed by atoms with Gasteiger partial charge in [-0.1, -0.05) is 37.8 Å². The highest BCUT2D eigenvalue weighted by Crippen LogP contribution is 2.10. The first-order chi connectivity index (χ1) is 10.5. The molecule has 0 aliphatic heterocycles. The van der Waals surface area contributed by atoms with Gasteiger partial charge in [0.05, 0.1) is 6.10 Å². The molecule has 22 heavy (non-hydrogen) atoms. The van der Waals surface area contributed by atoms with Crippen LogP contribution in [0.4, 0.5) is 0 Å². The van der Waals surface area contributed by atoms with Crippen LogP contribution in [0, 0.1) is 0 Å². The molecule has 0 aromatic carbocycles. The summed E-state index contributed by atoms with van der Waals surface area (Å²) in [5.74, 6) is -0.471. The van der Waals surface area contributed by atoms with E-state index in [1.807, 2.05) is 6.08 Å².